The standard InChI is InChI=1S/C23H23FN4O3/c1-12(2)20-18(13-7-8-23(31,10-13)22(29)30)19-17(9-14-11-25-27-21(14)26-19)28(20)16-5-3-15(24)4-6-16/h3-6,9,11-13,31H,7-8,10H2,1-2H3,(H,29,30)(H,25,26,27)/t13?,23-/m0/s1. The van der Waals surface area contributed by atoms with Gasteiger partial charge in [0.2, 0.25) is 0 Å². The Bertz CT molecular complexity index is 1310. The molecule has 3 heterocycles. The average Bonchev–Trinajstić information content (AvgIpc) is 3.42. The smallest absolute Gasteiger partial charge is 0.335 e. The molecule has 1 aliphatic carbocycles. The van der Waals surface area contributed by atoms with Crippen molar-refractivity contribution in [2.45, 2.75) is 50.5 Å². The fourth-order valence-electron chi connectivity index (χ4n) is 4.91. The summed E-state index contributed by atoms with van der Waals surface area (Å²) < 4.78 is 15.7. The van der Waals surface area contributed by atoms with E-state index < -0.39 is 11.6 Å². The van der Waals surface area contributed by atoms with Crippen molar-refractivity contribution in [3.63, 3.8) is 0 Å². The Balaban J connectivity index is 1.82. The maximum absolute atomic E-state index is 13.6. The third-order valence-corrected chi connectivity index (χ3v) is 6.35. The van der Waals surface area contributed by atoms with E-state index in [0.29, 0.717) is 12.1 Å². The monoisotopic (exact) mass is 422 g/mol. The molecule has 0 saturated heterocycles. The van der Waals surface area contributed by atoms with Gasteiger partial charge in [0.05, 0.1) is 17.2 Å². The Morgan fingerprint density at radius 1 is 1.32 bits per heavy atom. The summed E-state index contributed by atoms with van der Waals surface area (Å²) in [6, 6.07) is 8.30. The Morgan fingerprint density at radius 2 is 2.06 bits per heavy atom. The van der Waals surface area contributed by atoms with Crippen LogP contribution in [0.4, 0.5) is 4.39 Å². The van der Waals surface area contributed by atoms with Gasteiger partial charge < -0.3 is 14.8 Å². The van der Waals surface area contributed by atoms with Crippen LogP contribution in [-0.4, -0.2) is 41.5 Å². The van der Waals surface area contributed by atoms with Crippen LogP contribution in [0, 0.1) is 5.82 Å². The van der Waals surface area contributed by atoms with Crippen LogP contribution in [0.3, 0.4) is 0 Å². The summed E-state index contributed by atoms with van der Waals surface area (Å²) in [7, 11) is 0. The van der Waals surface area contributed by atoms with E-state index in [1.807, 2.05) is 6.07 Å². The molecule has 1 aromatic carbocycles. The topological polar surface area (TPSA) is 104 Å². The van der Waals surface area contributed by atoms with Crippen molar-refractivity contribution in [2.75, 3.05) is 0 Å². The SMILES string of the molecule is CC(C)c1c(C2CC[C@@](O)(C(=O)O)C2)c2nc3[nH]ncc3cc2n1-c1ccc(F)cc1. The third-order valence-electron chi connectivity index (χ3n) is 6.35. The molecule has 0 aliphatic heterocycles. The second-order valence-electron chi connectivity index (χ2n) is 8.71. The molecule has 1 unspecified atom stereocenters. The van der Waals surface area contributed by atoms with E-state index in [0.717, 1.165) is 33.4 Å². The normalized spacial score (nSPS) is 21.5. The van der Waals surface area contributed by atoms with Crippen LogP contribution in [0.1, 0.15) is 56.2 Å². The second-order valence-corrected chi connectivity index (χ2v) is 8.71. The number of nitrogens with zero attached hydrogens (tertiary/aromatic N) is 3. The van der Waals surface area contributed by atoms with Gasteiger partial charge in [0.1, 0.15) is 5.82 Å². The minimum Gasteiger partial charge on any atom is -0.479 e. The molecule has 160 valence electrons. The number of halogens is 1. The summed E-state index contributed by atoms with van der Waals surface area (Å²) in [5.41, 5.74) is 3.26. The summed E-state index contributed by atoms with van der Waals surface area (Å²) in [6.07, 6.45) is 2.58. The molecule has 2 atom stereocenters. The van der Waals surface area contributed by atoms with Crippen molar-refractivity contribution < 1.29 is 19.4 Å². The molecule has 5 rings (SSSR count). The number of hydrogen-bond donors (Lipinski definition) is 3. The number of aromatic nitrogens is 4. The number of H-pyrrole nitrogens is 1. The van der Waals surface area contributed by atoms with Crippen molar-refractivity contribution in [3.05, 3.63) is 53.6 Å². The molecule has 1 fully saturated rings. The van der Waals surface area contributed by atoms with Gasteiger partial charge in [0.25, 0.3) is 0 Å². The van der Waals surface area contributed by atoms with Crippen molar-refractivity contribution in [3.8, 4) is 5.69 Å². The number of benzene rings is 1. The van der Waals surface area contributed by atoms with Crippen LogP contribution in [0.15, 0.2) is 36.5 Å². The molecular formula is C23H23FN4O3. The number of fused-ring (bicyclic) bond motifs is 2. The van der Waals surface area contributed by atoms with E-state index in [1.165, 1.54) is 12.1 Å². The summed E-state index contributed by atoms with van der Waals surface area (Å²) in [6.45, 7) is 4.15. The van der Waals surface area contributed by atoms with Crippen molar-refractivity contribution in [1.29, 1.82) is 0 Å². The summed E-state index contributed by atoms with van der Waals surface area (Å²) in [4.78, 5) is 16.5. The lowest BCUT2D eigenvalue weighted by Gasteiger charge is -2.20. The number of hydrogen-bond acceptors (Lipinski definition) is 4. The molecule has 0 spiro atoms. The zero-order valence-electron chi connectivity index (χ0n) is 17.3. The largest absolute Gasteiger partial charge is 0.479 e. The van der Waals surface area contributed by atoms with Gasteiger partial charge in [-0.2, -0.15) is 5.10 Å². The number of aliphatic hydroxyl groups is 1. The molecule has 0 amide bonds. The lowest BCUT2D eigenvalue weighted by atomic mass is 9.90. The molecule has 4 aromatic rings. The van der Waals surface area contributed by atoms with Gasteiger partial charge in [-0.15, -0.1) is 0 Å². The quantitative estimate of drug-likeness (QED) is 0.456. The number of aromatic amines is 1. The average molecular weight is 422 g/mol. The maximum atomic E-state index is 13.6. The highest BCUT2D eigenvalue weighted by Crippen LogP contribution is 2.47. The highest BCUT2D eigenvalue weighted by molar-refractivity contribution is 5.94. The molecule has 8 heteroatoms. The highest BCUT2D eigenvalue weighted by atomic mass is 19.1. The predicted octanol–water partition coefficient (Wildman–Crippen LogP) is 4.25. The number of carboxylic acid groups (broad SMARTS) is 1. The number of nitrogens with one attached hydrogen (secondary N) is 1. The van der Waals surface area contributed by atoms with Gasteiger partial charge in [0, 0.05) is 22.3 Å². The summed E-state index contributed by atoms with van der Waals surface area (Å²) in [5, 5.41) is 28.0. The summed E-state index contributed by atoms with van der Waals surface area (Å²) >= 11 is 0. The lowest BCUT2D eigenvalue weighted by molar-refractivity contribution is -0.157. The van der Waals surface area contributed by atoms with Gasteiger partial charge in [-0.25, -0.2) is 14.2 Å². The fourth-order valence-corrected chi connectivity index (χ4v) is 4.91. The summed E-state index contributed by atoms with van der Waals surface area (Å²) in [5.74, 6) is -1.57. The van der Waals surface area contributed by atoms with Gasteiger partial charge in [-0.05, 0) is 61.4 Å². The van der Waals surface area contributed by atoms with Crippen molar-refractivity contribution in [2.24, 2.45) is 0 Å². The molecule has 3 aromatic heterocycles. The van der Waals surface area contributed by atoms with Crippen LogP contribution in [-0.2, 0) is 4.79 Å². The first-order valence-corrected chi connectivity index (χ1v) is 10.4. The zero-order chi connectivity index (χ0) is 21.9. The molecule has 3 N–H and O–H groups in total. The van der Waals surface area contributed by atoms with Gasteiger partial charge in [0.15, 0.2) is 11.2 Å². The molecule has 0 radical (unpaired) electrons. The molecule has 7 nitrogen and oxygen atoms in total. The van der Waals surface area contributed by atoms with Crippen LogP contribution in [0.25, 0.3) is 27.8 Å². The maximum Gasteiger partial charge on any atom is 0.335 e. The van der Waals surface area contributed by atoms with Gasteiger partial charge >= 0.3 is 5.97 Å². The zero-order valence-corrected chi connectivity index (χ0v) is 17.3. The second kappa shape index (κ2) is 6.88. The minimum absolute atomic E-state index is 0.0873. The first-order valence-electron chi connectivity index (χ1n) is 10.4. The Hall–Kier alpha value is -3.26. The van der Waals surface area contributed by atoms with E-state index in [1.54, 1.807) is 18.3 Å². The fraction of sp³-hybridized carbons (Fsp3) is 0.348. The number of rotatable bonds is 4. The van der Waals surface area contributed by atoms with E-state index in [-0.39, 0.29) is 30.5 Å². The Kier molecular flexibility index (Phi) is 4.37. The Labute approximate surface area is 177 Å². The first-order chi connectivity index (χ1) is 14.8. The lowest BCUT2D eigenvalue weighted by Crippen LogP contribution is -2.35. The van der Waals surface area contributed by atoms with Gasteiger partial charge in [-0.3, -0.25) is 5.10 Å². The van der Waals surface area contributed by atoms with Crippen LogP contribution in [0.5, 0.6) is 0 Å². The third kappa shape index (κ3) is 3.01. The number of carboxylic acids is 1. The molecule has 1 aliphatic rings. The van der Waals surface area contributed by atoms with E-state index in [4.69, 9.17) is 4.98 Å². The number of aliphatic carboxylic acids is 1. The van der Waals surface area contributed by atoms with E-state index in [9.17, 15) is 19.4 Å². The molecule has 0 bridgehead atoms. The minimum atomic E-state index is -1.73. The molecule has 1 saturated carbocycles. The van der Waals surface area contributed by atoms with Crippen LogP contribution >= 0.6 is 0 Å². The van der Waals surface area contributed by atoms with E-state index >= 15 is 0 Å². The number of pyridine rings is 1. The van der Waals surface area contributed by atoms with Crippen molar-refractivity contribution >= 4 is 28.0 Å². The Morgan fingerprint density at radius 3 is 2.71 bits per heavy atom. The van der Waals surface area contributed by atoms with E-state index in [2.05, 4.69) is 28.6 Å². The van der Waals surface area contributed by atoms with Gasteiger partial charge in [-0.1, -0.05) is 13.8 Å². The molecular weight excluding hydrogens is 399 g/mol. The number of carbonyl (C=O) groups is 1. The van der Waals surface area contributed by atoms with Crippen molar-refractivity contribution in [1.82, 2.24) is 19.7 Å². The predicted molar refractivity (Wildman–Crippen MR) is 114 cm³/mol. The van der Waals surface area contributed by atoms with Crippen LogP contribution < -0.4 is 0 Å². The first kappa shape index (κ1) is 19.7. The highest BCUT2D eigenvalue weighted by Gasteiger charge is 2.46. The molecule has 31 heavy (non-hydrogen) atoms. The van der Waals surface area contributed by atoms with Crippen LogP contribution in [0.2, 0.25) is 0 Å².